The maximum atomic E-state index is 12.8. The van der Waals surface area contributed by atoms with Crippen LogP contribution in [0.25, 0.3) is 0 Å². The fraction of sp³-hybridized carbons (Fsp3) is 0.781. The zero-order valence-electron chi connectivity index (χ0n) is 23.1. The van der Waals surface area contributed by atoms with Gasteiger partial charge in [0, 0.05) is 0 Å². The van der Waals surface area contributed by atoms with Crippen molar-refractivity contribution in [2.24, 2.45) is 17.8 Å². The van der Waals surface area contributed by atoms with Gasteiger partial charge in [0.1, 0.15) is 11.9 Å². The summed E-state index contributed by atoms with van der Waals surface area (Å²) in [6.07, 6.45) is 23.4. The first-order valence-corrected chi connectivity index (χ1v) is 16.0. The average Bonchev–Trinajstić information content (AvgIpc) is 2.90. The summed E-state index contributed by atoms with van der Waals surface area (Å²) in [5, 5.41) is 0. The summed E-state index contributed by atoms with van der Waals surface area (Å²) in [7, 11) is 0. The predicted octanol–water partition coefficient (Wildman–Crippen LogP) is 10.3. The lowest BCUT2D eigenvalue weighted by Crippen LogP contribution is -2.29. The van der Waals surface area contributed by atoms with Crippen molar-refractivity contribution >= 4 is 21.9 Å². The van der Waals surface area contributed by atoms with Crippen LogP contribution in [-0.2, 0) is 4.74 Å². The predicted molar refractivity (Wildman–Crippen MR) is 154 cm³/mol. The number of carbonyl (C=O) groups excluding carboxylic acids is 1. The first-order valence-electron chi connectivity index (χ1n) is 15.2. The van der Waals surface area contributed by atoms with E-state index in [0.29, 0.717) is 5.56 Å². The lowest BCUT2D eigenvalue weighted by atomic mass is 9.70. The number of esters is 1. The van der Waals surface area contributed by atoms with E-state index in [1.54, 1.807) is 0 Å². The lowest BCUT2D eigenvalue weighted by Gasteiger charge is -2.37. The van der Waals surface area contributed by atoms with Crippen molar-refractivity contribution < 1.29 is 14.3 Å². The van der Waals surface area contributed by atoms with Crippen molar-refractivity contribution in [3.05, 3.63) is 28.2 Å². The van der Waals surface area contributed by atoms with E-state index in [-0.39, 0.29) is 12.1 Å². The SMILES string of the molecule is CCCCCCCCOc1ccc(C(=O)OC2CCC(C3CCC(CCCCC)CC3)CC2)cc1Br. The third-order valence-electron chi connectivity index (χ3n) is 8.69. The summed E-state index contributed by atoms with van der Waals surface area (Å²) in [6, 6.07) is 5.59. The first-order chi connectivity index (χ1) is 17.6. The van der Waals surface area contributed by atoms with Crippen molar-refractivity contribution in [2.45, 2.75) is 136 Å². The van der Waals surface area contributed by atoms with Gasteiger partial charge in [0.05, 0.1) is 16.6 Å². The molecule has 0 unspecified atom stereocenters. The van der Waals surface area contributed by atoms with Crippen LogP contribution in [0.2, 0.25) is 0 Å². The van der Waals surface area contributed by atoms with Gasteiger partial charge in [-0.3, -0.25) is 0 Å². The minimum atomic E-state index is -0.200. The van der Waals surface area contributed by atoms with Crippen molar-refractivity contribution in [2.75, 3.05) is 6.61 Å². The molecule has 1 aromatic carbocycles. The molecule has 0 bridgehead atoms. The van der Waals surface area contributed by atoms with Gasteiger partial charge in [-0.1, -0.05) is 84.5 Å². The van der Waals surface area contributed by atoms with E-state index in [1.165, 1.54) is 96.3 Å². The molecule has 3 nitrogen and oxygen atoms in total. The number of hydrogen-bond donors (Lipinski definition) is 0. The Morgan fingerprint density at radius 3 is 2.08 bits per heavy atom. The lowest BCUT2D eigenvalue weighted by molar-refractivity contribution is 0.0109. The van der Waals surface area contributed by atoms with Crippen LogP contribution in [0.3, 0.4) is 0 Å². The van der Waals surface area contributed by atoms with Gasteiger partial charge in [-0.25, -0.2) is 4.79 Å². The summed E-state index contributed by atoms with van der Waals surface area (Å²) in [5.74, 6) is 3.34. The summed E-state index contributed by atoms with van der Waals surface area (Å²) in [5.41, 5.74) is 0.609. The second-order valence-electron chi connectivity index (χ2n) is 11.5. The third kappa shape index (κ3) is 10.0. The molecule has 0 heterocycles. The Morgan fingerprint density at radius 2 is 1.42 bits per heavy atom. The normalized spacial score (nSPS) is 24.4. The summed E-state index contributed by atoms with van der Waals surface area (Å²) < 4.78 is 12.7. The Kier molecular flexibility index (Phi) is 13.7. The molecule has 0 N–H and O–H groups in total. The highest BCUT2D eigenvalue weighted by Gasteiger charge is 2.32. The number of carbonyl (C=O) groups is 1. The minimum absolute atomic E-state index is 0.0709. The van der Waals surface area contributed by atoms with Gasteiger partial charge in [0.2, 0.25) is 0 Å². The molecule has 0 spiro atoms. The van der Waals surface area contributed by atoms with Crippen LogP contribution in [0.1, 0.15) is 140 Å². The Balaban J connectivity index is 1.33. The second kappa shape index (κ2) is 16.7. The number of unbranched alkanes of at least 4 members (excludes halogenated alkanes) is 7. The van der Waals surface area contributed by atoms with Crippen LogP contribution in [0.4, 0.5) is 0 Å². The number of benzene rings is 1. The van der Waals surface area contributed by atoms with E-state index >= 15 is 0 Å². The van der Waals surface area contributed by atoms with Crippen LogP contribution in [0.5, 0.6) is 5.75 Å². The zero-order chi connectivity index (χ0) is 25.6. The molecule has 2 aliphatic rings. The van der Waals surface area contributed by atoms with Gasteiger partial charge in [0.25, 0.3) is 0 Å². The Hall–Kier alpha value is -1.03. The molecule has 2 saturated carbocycles. The second-order valence-corrected chi connectivity index (χ2v) is 12.3. The molecule has 204 valence electrons. The van der Waals surface area contributed by atoms with Crippen LogP contribution < -0.4 is 4.74 Å². The number of halogens is 1. The third-order valence-corrected chi connectivity index (χ3v) is 9.31. The highest BCUT2D eigenvalue weighted by atomic mass is 79.9. The maximum absolute atomic E-state index is 12.8. The molecule has 2 fully saturated rings. The van der Waals surface area contributed by atoms with E-state index < -0.39 is 0 Å². The summed E-state index contributed by atoms with van der Waals surface area (Å²) in [6.45, 7) is 5.26. The van der Waals surface area contributed by atoms with Gasteiger partial charge in [-0.15, -0.1) is 0 Å². The monoisotopic (exact) mass is 562 g/mol. The fourth-order valence-electron chi connectivity index (χ4n) is 6.34. The van der Waals surface area contributed by atoms with E-state index in [9.17, 15) is 4.79 Å². The number of rotatable bonds is 15. The quantitative estimate of drug-likeness (QED) is 0.157. The minimum Gasteiger partial charge on any atom is -0.492 e. The van der Waals surface area contributed by atoms with Gasteiger partial charge >= 0.3 is 5.97 Å². The van der Waals surface area contributed by atoms with E-state index in [1.807, 2.05) is 18.2 Å². The molecule has 0 atom stereocenters. The van der Waals surface area contributed by atoms with Crippen molar-refractivity contribution in [1.29, 1.82) is 0 Å². The van der Waals surface area contributed by atoms with Crippen LogP contribution in [0, 0.1) is 17.8 Å². The van der Waals surface area contributed by atoms with Gasteiger partial charge in [-0.2, -0.15) is 0 Å². The molecule has 2 aliphatic carbocycles. The molecule has 0 radical (unpaired) electrons. The van der Waals surface area contributed by atoms with Gasteiger partial charge < -0.3 is 9.47 Å². The summed E-state index contributed by atoms with van der Waals surface area (Å²) >= 11 is 3.58. The van der Waals surface area contributed by atoms with E-state index in [2.05, 4.69) is 29.8 Å². The Morgan fingerprint density at radius 1 is 0.806 bits per heavy atom. The topological polar surface area (TPSA) is 35.5 Å². The van der Waals surface area contributed by atoms with E-state index in [0.717, 1.165) is 53.8 Å². The summed E-state index contributed by atoms with van der Waals surface area (Å²) in [4.78, 5) is 12.8. The molecule has 0 aliphatic heterocycles. The molecular formula is C32H51BrO3. The van der Waals surface area contributed by atoms with Crippen molar-refractivity contribution in [3.8, 4) is 5.75 Å². The Labute approximate surface area is 229 Å². The number of ether oxygens (including phenoxy) is 2. The van der Waals surface area contributed by atoms with Crippen LogP contribution >= 0.6 is 15.9 Å². The highest BCUT2D eigenvalue weighted by molar-refractivity contribution is 9.10. The molecule has 0 saturated heterocycles. The largest absolute Gasteiger partial charge is 0.492 e. The zero-order valence-corrected chi connectivity index (χ0v) is 24.7. The molecule has 0 amide bonds. The standard InChI is InChI=1S/C32H51BrO3/c1-3-5-7-8-9-11-23-35-31-22-19-28(24-30(31)33)32(34)36-29-20-17-27(18-21-29)26-15-13-25(14-16-26)12-10-6-4-2/h19,22,24-27,29H,3-18,20-21,23H2,1-2H3. The fourth-order valence-corrected chi connectivity index (χ4v) is 6.83. The van der Waals surface area contributed by atoms with E-state index in [4.69, 9.17) is 9.47 Å². The molecule has 36 heavy (non-hydrogen) atoms. The maximum Gasteiger partial charge on any atom is 0.338 e. The van der Waals surface area contributed by atoms with Crippen molar-refractivity contribution in [3.63, 3.8) is 0 Å². The molecule has 4 heteroatoms. The Bertz CT molecular complexity index is 748. The molecule has 3 rings (SSSR count). The number of hydrogen-bond acceptors (Lipinski definition) is 3. The van der Waals surface area contributed by atoms with Gasteiger partial charge in [0.15, 0.2) is 0 Å². The van der Waals surface area contributed by atoms with Crippen LogP contribution in [-0.4, -0.2) is 18.7 Å². The van der Waals surface area contributed by atoms with Crippen molar-refractivity contribution in [1.82, 2.24) is 0 Å². The van der Waals surface area contributed by atoms with Crippen LogP contribution in [0.15, 0.2) is 22.7 Å². The van der Waals surface area contributed by atoms with Gasteiger partial charge in [-0.05, 0) is 96.8 Å². The molecular weight excluding hydrogens is 512 g/mol. The molecule has 1 aromatic rings. The average molecular weight is 564 g/mol. The molecule has 0 aromatic heterocycles. The smallest absolute Gasteiger partial charge is 0.338 e. The first kappa shape index (κ1) is 29.5. The highest BCUT2D eigenvalue weighted by Crippen LogP contribution is 2.41.